The second-order valence-corrected chi connectivity index (χ2v) is 12.3. The van der Waals surface area contributed by atoms with Crippen LogP contribution in [0.2, 0.25) is 0 Å². The summed E-state index contributed by atoms with van der Waals surface area (Å²) in [7, 11) is 0. The van der Waals surface area contributed by atoms with Crippen molar-refractivity contribution in [3.63, 3.8) is 0 Å². The molecule has 0 aliphatic heterocycles. The van der Waals surface area contributed by atoms with Gasteiger partial charge in [-0.25, -0.2) is 4.85 Å². The zero-order valence-electron chi connectivity index (χ0n) is 26.7. The summed E-state index contributed by atoms with van der Waals surface area (Å²) >= 11 is 0. The largest absolute Gasteiger partial charge is 0.309 e. The monoisotopic (exact) mass is 635 g/mol. The van der Waals surface area contributed by atoms with Gasteiger partial charge < -0.3 is 9.13 Å². The molecule has 5 nitrogen and oxygen atoms in total. The second kappa shape index (κ2) is 11.4. The van der Waals surface area contributed by atoms with Gasteiger partial charge in [0, 0.05) is 27.4 Å². The molecule has 5 heteroatoms. The third-order valence-electron chi connectivity index (χ3n) is 9.54. The number of benzene rings is 7. The highest BCUT2D eigenvalue weighted by molar-refractivity contribution is 6.11. The minimum absolute atomic E-state index is 0.555. The molecule has 0 saturated carbocycles. The molecule has 7 aromatic carbocycles. The average molecular weight is 636 g/mol. The van der Waals surface area contributed by atoms with Crippen LogP contribution < -0.4 is 0 Å². The first-order chi connectivity index (χ1) is 24.6. The molecule has 50 heavy (non-hydrogen) atoms. The molecule has 0 atom stereocenters. The summed E-state index contributed by atoms with van der Waals surface area (Å²) in [6.07, 6.45) is 0. The lowest BCUT2D eigenvalue weighted by Crippen LogP contribution is -1.97. The molecule has 2 aromatic heterocycles. The third kappa shape index (κ3) is 4.45. The van der Waals surface area contributed by atoms with Crippen LogP contribution in [0.25, 0.3) is 82.1 Å². The fourth-order valence-electron chi connectivity index (χ4n) is 7.36. The first kappa shape index (κ1) is 28.8. The van der Waals surface area contributed by atoms with E-state index in [1.54, 1.807) is 0 Å². The van der Waals surface area contributed by atoms with Gasteiger partial charge in [-0.3, -0.25) is 0 Å². The Morgan fingerprint density at radius 2 is 1.10 bits per heavy atom. The van der Waals surface area contributed by atoms with Crippen LogP contribution >= 0.6 is 0 Å². The molecule has 0 N–H and O–H groups in total. The van der Waals surface area contributed by atoms with E-state index >= 15 is 0 Å². The van der Waals surface area contributed by atoms with Crippen molar-refractivity contribution in [3.8, 4) is 45.8 Å². The Morgan fingerprint density at radius 1 is 0.460 bits per heavy atom. The molecule has 0 bridgehead atoms. The summed E-state index contributed by atoms with van der Waals surface area (Å²) in [5.74, 6) is 0. The van der Waals surface area contributed by atoms with Gasteiger partial charge in [-0.05, 0) is 94.9 Å². The summed E-state index contributed by atoms with van der Waals surface area (Å²) in [5.41, 5.74) is 11.8. The fraction of sp³-hybridized carbons (Fsp3) is 0. The summed E-state index contributed by atoms with van der Waals surface area (Å²) in [6.45, 7) is 7.61. The molecule has 0 unspecified atom stereocenters. The number of hydrogen-bond acceptors (Lipinski definition) is 2. The third-order valence-corrected chi connectivity index (χ3v) is 9.54. The lowest BCUT2D eigenvalue weighted by atomic mass is 9.96. The van der Waals surface area contributed by atoms with Gasteiger partial charge >= 0.3 is 0 Å². The highest BCUT2D eigenvalue weighted by Crippen LogP contribution is 2.39. The van der Waals surface area contributed by atoms with Gasteiger partial charge in [0.05, 0.1) is 57.6 Å². The molecule has 230 valence electrons. The smallest absolute Gasteiger partial charge is 0.188 e. The Hall–Kier alpha value is -7.39. The maximum atomic E-state index is 10.2. The normalized spacial score (nSPS) is 11.1. The molecular weight excluding hydrogens is 611 g/mol. The molecule has 0 spiro atoms. The second-order valence-electron chi connectivity index (χ2n) is 12.3. The van der Waals surface area contributed by atoms with Crippen LogP contribution in [0.15, 0.2) is 152 Å². The van der Waals surface area contributed by atoms with E-state index in [1.807, 2.05) is 60.7 Å². The van der Waals surface area contributed by atoms with E-state index in [0.29, 0.717) is 16.8 Å². The van der Waals surface area contributed by atoms with E-state index in [0.717, 1.165) is 66.5 Å². The van der Waals surface area contributed by atoms with E-state index in [4.69, 9.17) is 6.57 Å². The van der Waals surface area contributed by atoms with E-state index in [2.05, 4.69) is 117 Å². The van der Waals surface area contributed by atoms with Crippen molar-refractivity contribution in [2.45, 2.75) is 0 Å². The highest BCUT2D eigenvalue weighted by Gasteiger charge is 2.18. The average Bonchev–Trinajstić information content (AvgIpc) is 3.69. The van der Waals surface area contributed by atoms with Gasteiger partial charge in [0.15, 0.2) is 5.69 Å². The molecule has 9 aromatic rings. The van der Waals surface area contributed by atoms with Crippen LogP contribution in [0, 0.1) is 29.2 Å². The van der Waals surface area contributed by atoms with Crippen LogP contribution in [0.4, 0.5) is 5.69 Å². The van der Waals surface area contributed by atoms with Crippen molar-refractivity contribution in [1.82, 2.24) is 9.13 Å². The van der Waals surface area contributed by atoms with Gasteiger partial charge in [-0.2, -0.15) is 10.5 Å². The molecule has 0 radical (unpaired) electrons. The quantitative estimate of drug-likeness (QED) is 0.181. The Balaban J connectivity index is 1.23. The van der Waals surface area contributed by atoms with Crippen molar-refractivity contribution in [1.29, 1.82) is 10.5 Å². The molecule has 9 rings (SSSR count). The van der Waals surface area contributed by atoms with Crippen LogP contribution in [0.3, 0.4) is 0 Å². The maximum Gasteiger partial charge on any atom is 0.188 e. The lowest BCUT2D eigenvalue weighted by molar-refractivity contribution is 1.18. The van der Waals surface area contributed by atoms with Crippen LogP contribution in [-0.2, 0) is 0 Å². The topological polar surface area (TPSA) is 61.8 Å². The molecule has 0 saturated heterocycles. The van der Waals surface area contributed by atoms with Gasteiger partial charge in [0.2, 0.25) is 0 Å². The van der Waals surface area contributed by atoms with Gasteiger partial charge in [0.25, 0.3) is 0 Å². The van der Waals surface area contributed by atoms with Crippen LogP contribution in [-0.4, -0.2) is 9.13 Å². The zero-order chi connectivity index (χ0) is 33.8. The van der Waals surface area contributed by atoms with Gasteiger partial charge in [0.1, 0.15) is 0 Å². The first-order valence-corrected chi connectivity index (χ1v) is 16.2. The molecule has 0 amide bonds. The van der Waals surface area contributed by atoms with Crippen molar-refractivity contribution < 1.29 is 0 Å². The Bertz CT molecular complexity index is 2850. The first-order valence-electron chi connectivity index (χ1n) is 16.2. The molecule has 0 aliphatic rings. The highest BCUT2D eigenvalue weighted by atomic mass is 15.0. The Kier molecular flexibility index (Phi) is 6.56. The van der Waals surface area contributed by atoms with Gasteiger partial charge in [-0.1, -0.05) is 78.9 Å². The SMILES string of the molecule is [C-]#[N+]c1ccc2c(c1)c1cc(C#N)ccc1n2-c1ccccc1-c1cccc(-c2cc(C#N)cc(-n3c4ccccc4c4ccccc43)c2)c1. The number of rotatable bonds is 4. The summed E-state index contributed by atoms with van der Waals surface area (Å²) in [5, 5.41) is 24.1. The minimum atomic E-state index is 0.555. The van der Waals surface area contributed by atoms with Crippen LogP contribution in [0.5, 0.6) is 0 Å². The summed E-state index contributed by atoms with van der Waals surface area (Å²) in [4.78, 5) is 3.67. The molecule has 0 aliphatic carbocycles. The zero-order valence-corrected chi connectivity index (χ0v) is 26.7. The molecule has 2 heterocycles. The fourth-order valence-corrected chi connectivity index (χ4v) is 7.36. The minimum Gasteiger partial charge on any atom is -0.309 e. The number of nitriles is 2. The van der Waals surface area contributed by atoms with E-state index in [9.17, 15) is 10.5 Å². The van der Waals surface area contributed by atoms with Gasteiger partial charge in [-0.15, -0.1) is 0 Å². The standard InChI is InChI=1S/C45H25N5/c1-48-34-18-20-45-40(26-34)39-23-29(27-46)17-19-44(39)50(45)41-14-5-2-11-36(41)32-10-8-9-31(24-32)33-21-30(28-47)22-35(25-33)49-42-15-6-3-12-37(42)38-13-4-7-16-43(38)49/h2-26H. The lowest BCUT2D eigenvalue weighted by Gasteiger charge is -2.15. The number of nitrogens with zero attached hydrogens (tertiary/aromatic N) is 5. The van der Waals surface area contributed by atoms with Crippen molar-refractivity contribution >= 4 is 49.3 Å². The number of aromatic nitrogens is 2. The predicted molar refractivity (Wildman–Crippen MR) is 202 cm³/mol. The number of fused-ring (bicyclic) bond motifs is 6. The Morgan fingerprint density at radius 3 is 1.84 bits per heavy atom. The summed E-state index contributed by atoms with van der Waals surface area (Å²) < 4.78 is 4.46. The Labute approximate surface area is 288 Å². The molecular formula is C45H25N5. The predicted octanol–water partition coefficient (Wildman–Crippen LogP) is 11.5. The van der Waals surface area contributed by atoms with Crippen molar-refractivity contribution in [2.24, 2.45) is 0 Å². The summed E-state index contributed by atoms with van der Waals surface area (Å²) in [6, 6.07) is 55.8. The number of hydrogen-bond donors (Lipinski definition) is 0. The van der Waals surface area contributed by atoms with E-state index in [-0.39, 0.29) is 0 Å². The van der Waals surface area contributed by atoms with Crippen LogP contribution in [0.1, 0.15) is 11.1 Å². The van der Waals surface area contributed by atoms with Crippen molar-refractivity contribution in [3.05, 3.63) is 174 Å². The maximum absolute atomic E-state index is 10.2. The van der Waals surface area contributed by atoms with E-state index in [1.165, 1.54) is 10.8 Å². The number of para-hydroxylation sites is 3. The molecule has 0 fully saturated rings. The van der Waals surface area contributed by atoms with Crippen molar-refractivity contribution in [2.75, 3.05) is 0 Å². The van der Waals surface area contributed by atoms with E-state index < -0.39 is 0 Å².